The summed E-state index contributed by atoms with van der Waals surface area (Å²) in [6.45, 7) is 9.12. The van der Waals surface area contributed by atoms with E-state index in [4.69, 9.17) is 0 Å². The minimum absolute atomic E-state index is 0.206. The van der Waals surface area contributed by atoms with Crippen LogP contribution in [0.15, 0.2) is 84.5 Å². The number of rotatable bonds is 3. The van der Waals surface area contributed by atoms with E-state index in [1.54, 1.807) is 0 Å². The summed E-state index contributed by atoms with van der Waals surface area (Å²) in [4.78, 5) is 0. The van der Waals surface area contributed by atoms with Gasteiger partial charge in [-0.3, -0.25) is 0 Å². The molecule has 0 bridgehead atoms. The normalized spacial score (nSPS) is 17.0. The molecule has 0 aliphatic heterocycles. The molecule has 1 spiro atoms. The molecule has 0 radical (unpaired) electrons. The zero-order valence-electron chi connectivity index (χ0n) is 17.8. The number of hydrogen-bond donors (Lipinski definition) is 0. The molecule has 0 N–H and O–H groups in total. The summed E-state index contributed by atoms with van der Waals surface area (Å²) in [5.41, 5.74) is 12.7. The lowest BCUT2D eigenvalue weighted by Gasteiger charge is -2.32. The van der Waals surface area contributed by atoms with E-state index in [2.05, 4.69) is 107 Å². The van der Waals surface area contributed by atoms with E-state index in [1.807, 2.05) is 0 Å². The van der Waals surface area contributed by atoms with Gasteiger partial charge in [0.1, 0.15) is 0 Å². The van der Waals surface area contributed by atoms with E-state index in [0.717, 1.165) is 6.42 Å². The standard InChI is InChI=1S/C29H28/c1-5-12-24-20(4)28-21(19(3)6-2)15-11-18-27(28)29(24)25-16-9-7-13-22(25)23-14-8-10-17-26(23)29/h5,7-19H,6H2,1-4H3/b12-5-. The van der Waals surface area contributed by atoms with Crippen molar-refractivity contribution in [1.29, 1.82) is 0 Å². The third-order valence-electron chi connectivity index (χ3n) is 7.11. The van der Waals surface area contributed by atoms with Crippen LogP contribution in [0.2, 0.25) is 0 Å². The number of benzene rings is 3. The van der Waals surface area contributed by atoms with Crippen LogP contribution in [0.4, 0.5) is 0 Å². The maximum Gasteiger partial charge on any atom is 0.0722 e. The van der Waals surface area contributed by atoms with Gasteiger partial charge >= 0.3 is 0 Å². The second kappa shape index (κ2) is 6.59. The average molecular weight is 377 g/mol. The molecular weight excluding hydrogens is 348 g/mol. The van der Waals surface area contributed by atoms with Crippen molar-refractivity contribution in [1.82, 2.24) is 0 Å². The molecule has 0 heteroatoms. The highest BCUT2D eigenvalue weighted by Gasteiger charge is 2.51. The molecule has 3 aromatic carbocycles. The fourth-order valence-corrected chi connectivity index (χ4v) is 5.72. The van der Waals surface area contributed by atoms with Crippen molar-refractivity contribution in [3.05, 3.63) is 112 Å². The first-order chi connectivity index (χ1) is 14.2. The molecule has 1 unspecified atom stereocenters. The van der Waals surface area contributed by atoms with Crippen molar-refractivity contribution in [3.63, 3.8) is 0 Å². The molecule has 144 valence electrons. The third-order valence-corrected chi connectivity index (χ3v) is 7.11. The van der Waals surface area contributed by atoms with Crippen molar-refractivity contribution < 1.29 is 0 Å². The highest BCUT2D eigenvalue weighted by molar-refractivity contribution is 5.95. The maximum absolute atomic E-state index is 2.38. The van der Waals surface area contributed by atoms with Gasteiger partial charge in [0.25, 0.3) is 0 Å². The molecule has 0 nitrogen and oxygen atoms in total. The largest absolute Gasteiger partial charge is 0.0873 e. The molecule has 0 amide bonds. The van der Waals surface area contributed by atoms with Crippen LogP contribution in [-0.2, 0) is 5.41 Å². The third kappa shape index (κ3) is 2.20. The fourth-order valence-electron chi connectivity index (χ4n) is 5.72. The molecule has 0 saturated carbocycles. The lowest BCUT2D eigenvalue weighted by Crippen LogP contribution is -2.26. The molecular formula is C29H28. The minimum atomic E-state index is -0.206. The van der Waals surface area contributed by atoms with Gasteiger partial charge in [-0.1, -0.05) is 92.7 Å². The Morgan fingerprint density at radius 3 is 2.00 bits per heavy atom. The van der Waals surface area contributed by atoms with Crippen LogP contribution in [0.25, 0.3) is 16.7 Å². The van der Waals surface area contributed by atoms with Gasteiger partial charge in [-0.05, 0) is 76.3 Å². The molecule has 0 heterocycles. The monoisotopic (exact) mass is 376 g/mol. The van der Waals surface area contributed by atoms with Crippen LogP contribution in [0, 0.1) is 0 Å². The Hall–Kier alpha value is -2.86. The Kier molecular flexibility index (Phi) is 4.13. The Morgan fingerprint density at radius 2 is 1.41 bits per heavy atom. The number of fused-ring (bicyclic) bond motifs is 7. The Labute approximate surface area is 174 Å². The first-order valence-electron chi connectivity index (χ1n) is 10.8. The molecule has 1 atom stereocenters. The van der Waals surface area contributed by atoms with Gasteiger partial charge in [-0.2, -0.15) is 0 Å². The molecule has 2 aliphatic rings. The van der Waals surface area contributed by atoms with Crippen molar-refractivity contribution in [2.45, 2.75) is 45.4 Å². The molecule has 0 aromatic heterocycles. The summed E-state index contributed by atoms with van der Waals surface area (Å²) in [5.74, 6) is 0.550. The summed E-state index contributed by atoms with van der Waals surface area (Å²) < 4.78 is 0. The lowest BCUT2D eigenvalue weighted by molar-refractivity contribution is 0.725. The topological polar surface area (TPSA) is 0 Å². The molecule has 0 fully saturated rings. The van der Waals surface area contributed by atoms with Crippen LogP contribution in [0.5, 0.6) is 0 Å². The average Bonchev–Trinajstić information content (AvgIpc) is 3.20. The van der Waals surface area contributed by atoms with Gasteiger partial charge in [0.05, 0.1) is 5.41 Å². The van der Waals surface area contributed by atoms with Gasteiger partial charge in [-0.15, -0.1) is 0 Å². The van der Waals surface area contributed by atoms with Crippen molar-refractivity contribution in [2.75, 3.05) is 0 Å². The summed E-state index contributed by atoms with van der Waals surface area (Å²) in [6, 6.07) is 25.0. The highest BCUT2D eigenvalue weighted by Crippen LogP contribution is 2.62. The molecule has 29 heavy (non-hydrogen) atoms. The van der Waals surface area contributed by atoms with E-state index in [9.17, 15) is 0 Å². The smallest absolute Gasteiger partial charge is 0.0722 e. The van der Waals surface area contributed by atoms with Crippen LogP contribution in [-0.4, -0.2) is 0 Å². The molecule has 5 rings (SSSR count). The zero-order chi connectivity index (χ0) is 20.2. The van der Waals surface area contributed by atoms with Gasteiger partial charge in [-0.25, -0.2) is 0 Å². The van der Waals surface area contributed by atoms with Crippen molar-refractivity contribution in [2.24, 2.45) is 0 Å². The number of hydrogen-bond acceptors (Lipinski definition) is 0. The fraction of sp³-hybridized carbons (Fsp3) is 0.241. The van der Waals surface area contributed by atoms with Crippen molar-refractivity contribution >= 4 is 5.57 Å². The lowest BCUT2D eigenvalue weighted by atomic mass is 9.69. The zero-order valence-corrected chi connectivity index (χ0v) is 17.8. The first kappa shape index (κ1) is 18.2. The molecule has 0 saturated heterocycles. The van der Waals surface area contributed by atoms with Crippen LogP contribution >= 0.6 is 0 Å². The Morgan fingerprint density at radius 1 is 0.828 bits per heavy atom. The second-order valence-electron chi connectivity index (χ2n) is 8.46. The van der Waals surface area contributed by atoms with Crippen LogP contribution in [0.1, 0.15) is 67.9 Å². The second-order valence-corrected chi connectivity index (χ2v) is 8.46. The molecule has 2 aliphatic carbocycles. The van der Waals surface area contributed by atoms with E-state index >= 15 is 0 Å². The first-order valence-corrected chi connectivity index (χ1v) is 10.8. The molecule has 3 aromatic rings. The van der Waals surface area contributed by atoms with Crippen molar-refractivity contribution in [3.8, 4) is 11.1 Å². The predicted octanol–water partition coefficient (Wildman–Crippen LogP) is 7.88. The van der Waals surface area contributed by atoms with Gasteiger partial charge < -0.3 is 0 Å². The summed E-state index contributed by atoms with van der Waals surface area (Å²) in [5, 5.41) is 0. The Balaban J connectivity index is 1.97. The highest BCUT2D eigenvalue weighted by atomic mass is 14.5. The van der Waals surface area contributed by atoms with Gasteiger partial charge in [0.15, 0.2) is 0 Å². The van der Waals surface area contributed by atoms with E-state index in [0.29, 0.717) is 5.92 Å². The maximum atomic E-state index is 2.38. The van der Waals surface area contributed by atoms with E-state index in [-0.39, 0.29) is 5.41 Å². The summed E-state index contributed by atoms with van der Waals surface area (Å²) in [6.07, 6.45) is 5.72. The quantitative estimate of drug-likeness (QED) is 0.436. The van der Waals surface area contributed by atoms with Gasteiger partial charge in [0, 0.05) is 0 Å². The summed E-state index contributed by atoms with van der Waals surface area (Å²) >= 11 is 0. The van der Waals surface area contributed by atoms with Gasteiger partial charge in [0.2, 0.25) is 0 Å². The summed E-state index contributed by atoms with van der Waals surface area (Å²) in [7, 11) is 0. The van der Waals surface area contributed by atoms with Crippen LogP contribution in [0.3, 0.4) is 0 Å². The number of allylic oxidation sites excluding steroid dienone is 4. The van der Waals surface area contributed by atoms with E-state index in [1.165, 1.54) is 50.1 Å². The van der Waals surface area contributed by atoms with Crippen LogP contribution < -0.4 is 0 Å². The Bertz CT molecular complexity index is 1130. The van der Waals surface area contributed by atoms with E-state index < -0.39 is 0 Å². The minimum Gasteiger partial charge on any atom is -0.0873 e. The SMILES string of the molecule is C/C=C\C1=C(C)c2c(C(C)CC)cccc2C12c1ccccc1-c1ccccc12. The predicted molar refractivity (Wildman–Crippen MR) is 124 cm³/mol.